The number of carbonyl (C=O) groups excluding carboxylic acids is 2. The Morgan fingerprint density at radius 1 is 1.32 bits per heavy atom. The lowest BCUT2D eigenvalue weighted by molar-refractivity contribution is 0.0995. The SMILES string of the molecule is CCOc1ncccc1C(=O)Nc1cc(C(N)=O)ccc1C. The van der Waals surface area contributed by atoms with Gasteiger partial charge < -0.3 is 15.8 Å². The van der Waals surface area contributed by atoms with Gasteiger partial charge in [-0.05, 0) is 43.7 Å². The van der Waals surface area contributed by atoms with Crippen molar-refractivity contribution in [3.8, 4) is 5.88 Å². The van der Waals surface area contributed by atoms with Crippen LogP contribution in [0.25, 0.3) is 0 Å². The first-order valence-electron chi connectivity index (χ1n) is 6.82. The Hall–Kier alpha value is -2.89. The normalized spacial score (nSPS) is 10.1. The predicted octanol–water partition coefficient (Wildman–Crippen LogP) is 2.14. The van der Waals surface area contributed by atoms with Crippen molar-refractivity contribution < 1.29 is 14.3 Å². The first-order valence-corrected chi connectivity index (χ1v) is 6.82. The standard InChI is InChI=1S/C16H17N3O3/c1-3-22-16-12(5-4-8-18-16)15(21)19-13-9-11(14(17)20)7-6-10(13)2/h4-9H,3H2,1-2H3,(H2,17,20)(H,19,21). The molecule has 0 aliphatic carbocycles. The summed E-state index contributed by atoms with van der Waals surface area (Å²) in [5.74, 6) is -0.639. The second-order valence-corrected chi connectivity index (χ2v) is 4.64. The largest absolute Gasteiger partial charge is 0.477 e. The zero-order valence-corrected chi connectivity index (χ0v) is 12.4. The van der Waals surface area contributed by atoms with Gasteiger partial charge in [-0.15, -0.1) is 0 Å². The number of nitrogens with two attached hydrogens (primary N) is 1. The zero-order valence-electron chi connectivity index (χ0n) is 12.4. The number of amides is 2. The van der Waals surface area contributed by atoms with Crippen molar-refractivity contribution >= 4 is 17.5 Å². The van der Waals surface area contributed by atoms with Crippen molar-refractivity contribution in [2.45, 2.75) is 13.8 Å². The number of hydrogen-bond acceptors (Lipinski definition) is 4. The Kier molecular flexibility index (Phi) is 4.73. The van der Waals surface area contributed by atoms with Gasteiger partial charge in [-0.1, -0.05) is 6.07 Å². The average Bonchev–Trinajstić information content (AvgIpc) is 2.50. The van der Waals surface area contributed by atoms with Crippen molar-refractivity contribution in [2.24, 2.45) is 5.73 Å². The lowest BCUT2D eigenvalue weighted by Gasteiger charge is -2.11. The molecule has 0 bridgehead atoms. The maximum Gasteiger partial charge on any atom is 0.261 e. The van der Waals surface area contributed by atoms with Crippen molar-refractivity contribution in [3.63, 3.8) is 0 Å². The summed E-state index contributed by atoms with van der Waals surface area (Å²) in [7, 11) is 0. The van der Waals surface area contributed by atoms with E-state index in [9.17, 15) is 9.59 Å². The van der Waals surface area contributed by atoms with Crippen LogP contribution in [-0.4, -0.2) is 23.4 Å². The Morgan fingerprint density at radius 3 is 2.77 bits per heavy atom. The number of ether oxygens (including phenoxy) is 1. The van der Waals surface area contributed by atoms with Crippen LogP contribution in [0, 0.1) is 6.92 Å². The molecule has 0 unspecified atom stereocenters. The number of hydrogen-bond donors (Lipinski definition) is 2. The van der Waals surface area contributed by atoms with E-state index >= 15 is 0 Å². The third kappa shape index (κ3) is 3.41. The van der Waals surface area contributed by atoms with Gasteiger partial charge in [0.1, 0.15) is 5.56 Å². The van der Waals surface area contributed by atoms with Gasteiger partial charge in [0.15, 0.2) is 0 Å². The van der Waals surface area contributed by atoms with E-state index in [0.29, 0.717) is 23.4 Å². The number of aromatic nitrogens is 1. The average molecular weight is 299 g/mol. The van der Waals surface area contributed by atoms with Crippen LogP contribution < -0.4 is 15.8 Å². The summed E-state index contributed by atoms with van der Waals surface area (Å²) >= 11 is 0. The summed E-state index contributed by atoms with van der Waals surface area (Å²) < 4.78 is 5.34. The Morgan fingerprint density at radius 2 is 2.09 bits per heavy atom. The second-order valence-electron chi connectivity index (χ2n) is 4.64. The molecular formula is C16H17N3O3. The fraction of sp³-hybridized carbons (Fsp3) is 0.188. The fourth-order valence-corrected chi connectivity index (χ4v) is 1.91. The smallest absolute Gasteiger partial charge is 0.261 e. The molecule has 2 rings (SSSR count). The van der Waals surface area contributed by atoms with Crippen LogP contribution in [0.3, 0.4) is 0 Å². The molecule has 0 aliphatic rings. The molecule has 2 amide bonds. The number of aryl methyl sites for hydroxylation is 1. The predicted molar refractivity (Wildman–Crippen MR) is 83.1 cm³/mol. The van der Waals surface area contributed by atoms with Crippen LogP contribution in [0.2, 0.25) is 0 Å². The van der Waals surface area contributed by atoms with Crippen LogP contribution in [0.5, 0.6) is 5.88 Å². The molecule has 0 fully saturated rings. The van der Waals surface area contributed by atoms with Crippen molar-refractivity contribution in [1.29, 1.82) is 0 Å². The van der Waals surface area contributed by atoms with E-state index in [-0.39, 0.29) is 11.8 Å². The van der Waals surface area contributed by atoms with E-state index in [0.717, 1.165) is 5.56 Å². The van der Waals surface area contributed by atoms with Gasteiger partial charge >= 0.3 is 0 Å². The van der Waals surface area contributed by atoms with Gasteiger partial charge in [0.25, 0.3) is 5.91 Å². The highest BCUT2D eigenvalue weighted by atomic mass is 16.5. The van der Waals surface area contributed by atoms with Crippen LogP contribution in [0.4, 0.5) is 5.69 Å². The lowest BCUT2D eigenvalue weighted by atomic mass is 10.1. The van der Waals surface area contributed by atoms with Crippen molar-refractivity contribution in [2.75, 3.05) is 11.9 Å². The number of benzene rings is 1. The van der Waals surface area contributed by atoms with E-state index < -0.39 is 5.91 Å². The van der Waals surface area contributed by atoms with Gasteiger partial charge in [0, 0.05) is 17.4 Å². The maximum atomic E-state index is 12.4. The summed E-state index contributed by atoms with van der Waals surface area (Å²) in [6.45, 7) is 4.05. The Balaban J connectivity index is 2.29. The van der Waals surface area contributed by atoms with E-state index in [4.69, 9.17) is 10.5 Å². The number of nitrogens with zero attached hydrogens (tertiary/aromatic N) is 1. The number of nitrogens with one attached hydrogen (secondary N) is 1. The first kappa shape index (κ1) is 15.5. The van der Waals surface area contributed by atoms with Gasteiger partial charge in [-0.25, -0.2) is 4.98 Å². The molecule has 2 aromatic rings. The molecule has 0 spiro atoms. The van der Waals surface area contributed by atoms with Gasteiger partial charge in [0.2, 0.25) is 11.8 Å². The summed E-state index contributed by atoms with van der Waals surface area (Å²) in [5, 5.41) is 2.75. The number of rotatable bonds is 5. The van der Waals surface area contributed by atoms with Crippen LogP contribution in [0.1, 0.15) is 33.2 Å². The molecular weight excluding hydrogens is 282 g/mol. The summed E-state index contributed by atoms with van der Waals surface area (Å²) in [5.41, 5.74) is 7.25. The molecule has 0 saturated heterocycles. The third-order valence-electron chi connectivity index (χ3n) is 3.07. The van der Waals surface area contributed by atoms with E-state index in [2.05, 4.69) is 10.3 Å². The monoisotopic (exact) mass is 299 g/mol. The number of pyridine rings is 1. The molecule has 3 N–H and O–H groups in total. The van der Waals surface area contributed by atoms with Crippen molar-refractivity contribution in [1.82, 2.24) is 4.98 Å². The second kappa shape index (κ2) is 6.71. The molecule has 6 heteroatoms. The number of anilines is 1. The van der Waals surface area contributed by atoms with E-state index in [1.54, 1.807) is 36.5 Å². The fourth-order valence-electron chi connectivity index (χ4n) is 1.91. The summed E-state index contributed by atoms with van der Waals surface area (Å²) in [6, 6.07) is 8.17. The van der Waals surface area contributed by atoms with E-state index in [1.165, 1.54) is 0 Å². The number of carbonyl (C=O) groups is 2. The Labute approximate surface area is 128 Å². The van der Waals surface area contributed by atoms with Crippen LogP contribution in [0.15, 0.2) is 36.5 Å². The molecule has 0 atom stereocenters. The molecule has 1 heterocycles. The molecule has 6 nitrogen and oxygen atoms in total. The minimum Gasteiger partial charge on any atom is -0.477 e. The summed E-state index contributed by atoms with van der Waals surface area (Å²) in [6.07, 6.45) is 1.56. The highest BCUT2D eigenvalue weighted by Gasteiger charge is 2.15. The minimum atomic E-state index is -0.549. The van der Waals surface area contributed by atoms with Gasteiger partial charge in [-0.3, -0.25) is 9.59 Å². The third-order valence-corrected chi connectivity index (χ3v) is 3.07. The highest BCUT2D eigenvalue weighted by Crippen LogP contribution is 2.20. The molecule has 0 aliphatic heterocycles. The Bertz CT molecular complexity index is 714. The molecule has 22 heavy (non-hydrogen) atoms. The summed E-state index contributed by atoms with van der Waals surface area (Å²) in [4.78, 5) is 27.7. The molecule has 1 aromatic heterocycles. The number of primary amides is 1. The zero-order chi connectivity index (χ0) is 16.1. The topological polar surface area (TPSA) is 94.3 Å². The molecule has 114 valence electrons. The van der Waals surface area contributed by atoms with Gasteiger partial charge in [-0.2, -0.15) is 0 Å². The minimum absolute atomic E-state index is 0.270. The van der Waals surface area contributed by atoms with Crippen molar-refractivity contribution in [3.05, 3.63) is 53.2 Å². The molecule has 1 aromatic carbocycles. The first-order chi connectivity index (χ1) is 10.5. The van der Waals surface area contributed by atoms with Gasteiger partial charge in [0.05, 0.1) is 6.61 Å². The quantitative estimate of drug-likeness (QED) is 0.884. The molecule has 0 saturated carbocycles. The van der Waals surface area contributed by atoms with E-state index in [1.807, 2.05) is 13.8 Å². The van der Waals surface area contributed by atoms with Crippen LogP contribution in [-0.2, 0) is 0 Å². The lowest BCUT2D eigenvalue weighted by Crippen LogP contribution is -2.16. The highest BCUT2D eigenvalue weighted by molar-refractivity contribution is 6.06. The van der Waals surface area contributed by atoms with Crippen LogP contribution >= 0.6 is 0 Å². The maximum absolute atomic E-state index is 12.4. The molecule has 0 radical (unpaired) electrons.